The molecule has 3 rings (SSSR count). The Balaban J connectivity index is 1.80. The van der Waals surface area contributed by atoms with Gasteiger partial charge in [0.1, 0.15) is 10.8 Å². The average Bonchev–Trinajstić information content (AvgIpc) is 2.86. The molecular weight excluding hydrogens is 468 g/mol. The molecule has 0 aliphatic carbocycles. The fraction of sp³-hybridized carbons (Fsp3) is 0.231. The molecule has 8 nitrogen and oxygen atoms in total. The number of amides is 2. The zero-order chi connectivity index (χ0) is 25.5. The summed E-state index contributed by atoms with van der Waals surface area (Å²) in [5.41, 5.74) is 1.60. The van der Waals surface area contributed by atoms with Crippen molar-refractivity contribution in [1.82, 2.24) is 14.5 Å². The first-order valence-corrected chi connectivity index (χ1v) is 11.2. The van der Waals surface area contributed by atoms with Crippen molar-refractivity contribution in [1.29, 1.82) is 0 Å². The Morgan fingerprint density at radius 3 is 2.49 bits per heavy atom. The Hall–Kier alpha value is -4.09. The monoisotopic (exact) mass is 492 g/mol. The topological polar surface area (TPSA) is 102 Å². The van der Waals surface area contributed by atoms with Crippen LogP contribution in [0.2, 0.25) is 5.15 Å². The summed E-state index contributed by atoms with van der Waals surface area (Å²) < 4.78 is 1.98. The highest BCUT2D eigenvalue weighted by atomic mass is 35.5. The number of hydrogen-bond acceptors (Lipinski definition) is 4. The Morgan fingerprint density at radius 2 is 1.80 bits per heavy atom. The summed E-state index contributed by atoms with van der Waals surface area (Å²) >= 11 is 6.35. The average molecular weight is 493 g/mol. The van der Waals surface area contributed by atoms with Crippen molar-refractivity contribution in [3.63, 3.8) is 0 Å². The van der Waals surface area contributed by atoms with Crippen LogP contribution in [-0.2, 0) is 24.8 Å². The second-order valence-corrected chi connectivity index (χ2v) is 8.25. The van der Waals surface area contributed by atoms with Crippen LogP contribution in [0.4, 0.5) is 5.69 Å². The minimum absolute atomic E-state index is 0.123. The first kappa shape index (κ1) is 25.5. The zero-order valence-electron chi connectivity index (χ0n) is 19.6. The molecule has 0 aliphatic rings. The molecule has 2 N–H and O–H groups in total. The van der Waals surface area contributed by atoms with Gasteiger partial charge in [0, 0.05) is 31.6 Å². The molecule has 9 heteroatoms. The number of carbonyl (C=O) groups is 2. The first-order chi connectivity index (χ1) is 16.7. The van der Waals surface area contributed by atoms with Gasteiger partial charge in [0.15, 0.2) is 0 Å². The zero-order valence-corrected chi connectivity index (χ0v) is 20.4. The number of aryl methyl sites for hydroxylation is 2. The molecule has 0 radical (unpaired) electrons. The quantitative estimate of drug-likeness (QED) is 0.407. The van der Waals surface area contributed by atoms with Gasteiger partial charge in [0.25, 0.3) is 11.5 Å². The standard InChI is InChI=1S/C26H25ClN4O4/c1-17-9-11-18(12-10-17)13-14-21(32)29-22-23(27)31(26(35)30(3)25(22)34)15-5-7-19-6-4-8-20(16-19)24(33)28-2/h4,6,8-12,16H,13-15H2,1-3H3,(H,28,33)(H,29,32). The third kappa shape index (κ3) is 6.28. The number of aromatic nitrogens is 2. The molecule has 0 saturated carbocycles. The number of carbonyl (C=O) groups excluding carboxylic acids is 2. The van der Waals surface area contributed by atoms with Crippen LogP contribution in [0.1, 0.15) is 33.5 Å². The molecule has 0 unspecified atom stereocenters. The van der Waals surface area contributed by atoms with Crippen molar-refractivity contribution in [2.24, 2.45) is 7.05 Å². The number of nitrogens with zero attached hydrogens (tertiary/aromatic N) is 2. The smallest absolute Gasteiger partial charge is 0.332 e. The van der Waals surface area contributed by atoms with E-state index in [0.29, 0.717) is 17.5 Å². The van der Waals surface area contributed by atoms with Crippen LogP contribution in [0.5, 0.6) is 0 Å². The molecule has 1 aromatic heterocycles. The Morgan fingerprint density at radius 1 is 1.09 bits per heavy atom. The molecular formula is C26H25ClN4O4. The highest BCUT2D eigenvalue weighted by Crippen LogP contribution is 2.16. The predicted molar refractivity (Wildman–Crippen MR) is 136 cm³/mol. The molecule has 0 aliphatic heterocycles. The number of hydrogen-bond donors (Lipinski definition) is 2. The summed E-state index contributed by atoms with van der Waals surface area (Å²) in [6, 6.07) is 14.5. The lowest BCUT2D eigenvalue weighted by atomic mass is 10.1. The number of anilines is 1. The van der Waals surface area contributed by atoms with E-state index >= 15 is 0 Å². The second kappa shape index (κ2) is 11.4. The van der Waals surface area contributed by atoms with Crippen LogP contribution < -0.4 is 21.9 Å². The normalized spacial score (nSPS) is 10.3. The number of rotatable bonds is 6. The summed E-state index contributed by atoms with van der Waals surface area (Å²) in [6.07, 6.45) is 0.632. The lowest BCUT2D eigenvalue weighted by Gasteiger charge is -2.13. The molecule has 0 atom stereocenters. The Labute approximate surface area is 207 Å². The molecule has 0 spiro atoms. The van der Waals surface area contributed by atoms with Gasteiger partial charge < -0.3 is 10.6 Å². The van der Waals surface area contributed by atoms with E-state index in [2.05, 4.69) is 22.5 Å². The van der Waals surface area contributed by atoms with Crippen LogP contribution in [0.3, 0.4) is 0 Å². The van der Waals surface area contributed by atoms with E-state index in [1.165, 1.54) is 14.1 Å². The largest absolute Gasteiger partial charge is 0.355 e. The SMILES string of the molecule is CNC(=O)c1cccc(C#CCn2c(Cl)c(NC(=O)CCc3ccc(C)cc3)c(=O)n(C)c2=O)c1. The summed E-state index contributed by atoms with van der Waals surface area (Å²) in [4.78, 5) is 49.5. The maximum absolute atomic E-state index is 12.6. The van der Waals surface area contributed by atoms with Gasteiger partial charge in [-0.25, -0.2) is 4.79 Å². The minimum atomic E-state index is -0.703. The van der Waals surface area contributed by atoms with E-state index in [4.69, 9.17) is 11.6 Å². The number of nitrogens with one attached hydrogen (secondary N) is 2. The molecule has 0 bridgehead atoms. The van der Waals surface area contributed by atoms with Gasteiger partial charge in [0.2, 0.25) is 5.91 Å². The van der Waals surface area contributed by atoms with Crippen LogP contribution in [0.25, 0.3) is 0 Å². The maximum Gasteiger partial charge on any atom is 0.332 e. The van der Waals surface area contributed by atoms with Gasteiger partial charge in [-0.3, -0.25) is 23.5 Å². The van der Waals surface area contributed by atoms with Crippen LogP contribution in [0, 0.1) is 18.8 Å². The fourth-order valence-corrected chi connectivity index (χ4v) is 3.56. The van der Waals surface area contributed by atoms with Crippen molar-refractivity contribution in [2.75, 3.05) is 12.4 Å². The number of benzene rings is 2. The second-order valence-electron chi connectivity index (χ2n) is 7.89. The maximum atomic E-state index is 12.6. The lowest BCUT2D eigenvalue weighted by molar-refractivity contribution is -0.116. The summed E-state index contributed by atoms with van der Waals surface area (Å²) in [7, 11) is 2.84. The van der Waals surface area contributed by atoms with Crippen molar-refractivity contribution in [3.8, 4) is 11.8 Å². The van der Waals surface area contributed by atoms with Crippen molar-refractivity contribution in [3.05, 3.63) is 96.8 Å². The van der Waals surface area contributed by atoms with Crippen molar-refractivity contribution in [2.45, 2.75) is 26.3 Å². The van der Waals surface area contributed by atoms with Gasteiger partial charge in [-0.1, -0.05) is 59.3 Å². The van der Waals surface area contributed by atoms with Crippen LogP contribution in [0.15, 0.2) is 58.1 Å². The van der Waals surface area contributed by atoms with Gasteiger partial charge in [0.05, 0.1) is 6.54 Å². The van der Waals surface area contributed by atoms with E-state index < -0.39 is 17.2 Å². The predicted octanol–water partition coefficient (Wildman–Crippen LogP) is 2.49. The Kier molecular flexibility index (Phi) is 8.29. The third-order valence-electron chi connectivity index (χ3n) is 5.33. The third-order valence-corrected chi connectivity index (χ3v) is 5.72. The molecule has 3 aromatic rings. The fourth-order valence-electron chi connectivity index (χ4n) is 3.30. The van der Waals surface area contributed by atoms with Gasteiger partial charge in [-0.15, -0.1) is 0 Å². The highest BCUT2D eigenvalue weighted by Gasteiger charge is 2.17. The van der Waals surface area contributed by atoms with E-state index in [9.17, 15) is 19.2 Å². The van der Waals surface area contributed by atoms with Gasteiger partial charge in [-0.05, 0) is 37.1 Å². The van der Waals surface area contributed by atoms with Crippen molar-refractivity contribution < 1.29 is 9.59 Å². The minimum Gasteiger partial charge on any atom is -0.355 e. The van der Waals surface area contributed by atoms with E-state index in [-0.39, 0.29) is 29.7 Å². The molecule has 0 saturated heterocycles. The van der Waals surface area contributed by atoms with E-state index in [0.717, 1.165) is 20.3 Å². The number of halogens is 1. The first-order valence-electron chi connectivity index (χ1n) is 10.9. The summed E-state index contributed by atoms with van der Waals surface area (Å²) in [5, 5.41) is 4.89. The lowest BCUT2D eigenvalue weighted by Crippen LogP contribution is -2.40. The molecule has 180 valence electrons. The van der Waals surface area contributed by atoms with E-state index in [1.807, 2.05) is 31.2 Å². The van der Waals surface area contributed by atoms with E-state index in [1.54, 1.807) is 24.3 Å². The van der Waals surface area contributed by atoms with Crippen molar-refractivity contribution >= 4 is 29.1 Å². The Bertz CT molecular complexity index is 1440. The molecule has 2 aromatic carbocycles. The van der Waals surface area contributed by atoms with Crippen LogP contribution in [-0.4, -0.2) is 28.0 Å². The van der Waals surface area contributed by atoms with Gasteiger partial charge in [-0.2, -0.15) is 0 Å². The molecule has 1 heterocycles. The van der Waals surface area contributed by atoms with Crippen LogP contribution >= 0.6 is 11.6 Å². The van der Waals surface area contributed by atoms with Gasteiger partial charge >= 0.3 is 5.69 Å². The molecule has 0 fully saturated rings. The summed E-state index contributed by atoms with van der Waals surface area (Å²) in [6.45, 7) is 1.86. The molecule has 2 amide bonds. The highest BCUT2D eigenvalue weighted by molar-refractivity contribution is 6.32. The summed E-state index contributed by atoms with van der Waals surface area (Å²) in [5.74, 6) is 5.07. The molecule has 35 heavy (non-hydrogen) atoms.